The minimum absolute atomic E-state index is 0.258. The minimum Gasteiger partial charge on any atom is -0.490 e. The Morgan fingerprint density at radius 2 is 1.76 bits per heavy atom. The van der Waals surface area contributed by atoms with Gasteiger partial charge >= 0.3 is 0 Å². The Morgan fingerprint density at radius 3 is 2.48 bits per heavy atom. The zero-order valence-corrected chi connectivity index (χ0v) is 18.2. The van der Waals surface area contributed by atoms with Crippen LogP contribution in [0.4, 0.5) is 0 Å². The van der Waals surface area contributed by atoms with Crippen LogP contribution < -0.4 is 14.8 Å². The zero-order chi connectivity index (χ0) is 20.6. The molecule has 0 radical (unpaired) electrons. The van der Waals surface area contributed by atoms with Crippen LogP contribution in [-0.4, -0.2) is 11.6 Å². The number of hydrogen-bond donors (Lipinski definition) is 1. The standard InChI is InChI=1S/C22H21Cl3N2O2/c1-2-28-21-9-16(13-27-12-15-4-3-7-26-11-15)8-20(25)22(21)29-14-17-5-6-18(23)10-19(17)24/h3-11,27H,2,12-14H2,1H3. The average molecular weight is 452 g/mol. The van der Waals surface area contributed by atoms with E-state index in [1.165, 1.54) is 0 Å². The summed E-state index contributed by atoms with van der Waals surface area (Å²) >= 11 is 18.7. The Bertz CT molecular complexity index is 952. The molecule has 4 nitrogen and oxygen atoms in total. The second kappa shape index (κ2) is 10.7. The van der Waals surface area contributed by atoms with E-state index in [9.17, 15) is 0 Å². The third-order valence-electron chi connectivity index (χ3n) is 4.14. The summed E-state index contributed by atoms with van der Waals surface area (Å²) in [4.78, 5) is 4.12. The van der Waals surface area contributed by atoms with E-state index < -0.39 is 0 Å². The molecular formula is C22H21Cl3N2O2. The number of ether oxygens (including phenoxy) is 2. The zero-order valence-electron chi connectivity index (χ0n) is 15.9. The summed E-state index contributed by atoms with van der Waals surface area (Å²) in [5.41, 5.74) is 2.93. The van der Waals surface area contributed by atoms with E-state index in [0.717, 1.165) is 16.7 Å². The summed E-state index contributed by atoms with van der Waals surface area (Å²) in [5.74, 6) is 1.10. The van der Waals surface area contributed by atoms with Crippen LogP contribution in [-0.2, 0) is 19.7 Å². The lowest BCUT2D eigenvalue weighted by Gasteiger charge is -2.16. The van der Waals surface area contributed by atoms with Crippen molar-refractivity contribution in [1.29, 1.82) is 0 Å². The van der Waals surface area contributed by atoms with E-state index in [0.29, 0.717) is 46.3 Å². The molecule has 0 aliphatic rings. The van der Waals surface area contributed by atoms with E-state index >= 15 is 0 Å². The molecule has 1 aromatic heterocycles. The quantitative estimate of drug-likeness (QED) is 0.414. The predicted octanol–water partition coefficient (Wildman–Crippen LogP) is 6.31. The van der Waals surface area contributed by atoms with Gasteiger partial charge in [0.05, 0.1) is 11.6 Å². The van der Waals surface area contributed by atoms with Gasteiger partial charge < -0.3 is 14.8 Å². The van der Waals surface area contributed by atoms with Crippen LogP contribution >= 0.6 is 34.8 Å². The molecule has 2 aromatic carbocycles. The van der Waals surface area contributed by atoms with E-state index in [-0.39, 0.29) is 6.61 Å². The van der Waals surface area contributed by atoms with E-state index in [2.05, 4.69) is 10.3 Å². The van der Waals surface area contributed by atoms with Crippen LogP contribution in [0.1, 0.15) is 23.6 Å². The summed E-state index contributed by atoms with van der Waals surface area (Å²) < 4.78 is 11.7. The lowest BCUT2D eigenvalue weighted by molar-refractivity contribution is 0.269. The molecule has 3 rings (SSSR count). The summed E-state index contributed by atoms with van der Waals surface area (Å²) in [5, 5.41) is 4.99. The Balaban J connectivity index is 1.70. The van der Waals surface area contributed by atoms with Crippen LogP contribution in [0.25, 0.3) is 0 Å². The van der Waals surface area contributed by atoms with Crippen LogP contribution in [0.3, 0.4) is 0 Å². The van der Waals surface area contributed by atoms with Gasteiger partial charge in [0.1, 0.15) is 6.61 Å². The monoisotopic (exact) mass is 450 g/mol. The molecule has 0 atom stereocenters. The number of halogens is 3. The van der Waals surface area contributed by atoms with Gasteiger partial charge in [-0.1, -0.05) is 46.9 Å². The predicted molar refractivity (Wildman–Crippen MR) is 118 cm³/mol. The average Bonchev–Trinajstić information content (AvgIpc) is 2.70. The fourth-order valence-corrected chi connectivity index (χ4v) is 3.52. The van der Waals surface area contributed by atoms with Crippen LogP contribution in [0.2, 0.25) is 15.1 Å². The highest BCUT2D eigenvalue weighted by Crippen LogP contribution is 2.37. The van der Waals surface area contributed by atoms with Crippen molar-refractivity contribution in [2.75, 3.05) is 6.61 Å². The third-order valence-corrected chi connectivity index (χ3v) is 5.01. The minimum atomic E-state index is 0.258. The lowest BCUT2D eigenvalue weighted by Crippen LogP contribution is -2.13. The Morgan fingerprint density at radius 1 is 0.931 bits per heavy atom. The highest BCUT2D eigenvalue weighted by molar-refractivity contribution is 6.35. The van der Waals surface area contributed by atoms with Crippen LogP contribution in [0.15, 0.2) is 54.9 Å². The van der Waals surface area contributed by atoms with Crippen molar-refractivity contribution in [1.82, 2.24) is 10.3 Å². The summed E-state index contributed by atoms with van der Waals surface area (Å²) in [7, 11) is 0. The van der Waals surface area contributed by atoms with Gasteiger partial charge in [0.15, 0.2) is 11.5 Å². The normalized spacial score (nSPS) is 10.8. The molecule has 0 bridgehead atoms. The number of nitrogens with zero attached hydrogens (tertiary/aromatic N) is 1. The number of benzene rings is 2. The Hall–Kier alpha value is -1.98. The van der Waals surface area contributed by atoms with Crippen LogP contribution in [0.5, 0.6) is 11.5 Å². The van der Waals surface area contributed by atoms with Crippen molar-refractivity contribution >= 4 is 34.8 Å². The molecule has 0 amide bonds. The lowest BCUT2D eigenvalue weighted by atomic mass is 10.2. The first kappa shape index (κ1) is 21.7. The molecule has 7 heteroatoms. The Kier molecular flexibility index (Phi) is 8.01. The van der Waals surface area contributed by atoms with Crippen molar-refractivity contribution in [2.24, 2.45) is 0 Å². The first-order chi connectivity index (χ1) is 14.1. The molecule has 0 fully saturated rings. The van der Waals surface area contributed by atoms with Gasteiger partial charge in [0.25, 0.3) is 0 Å². The second-order valence-electron chi connectivity index (χ2n) is 6.33. The number of pyridine rings is 1. The maximum Gasteiger partial charge on any atom is 0.180 e. The molecule has 1 heterocycles. The fourth-order valence-electron chi connectivity index (χ4n) is 2.77. The maximum atomic E-state index is 6.50. The van der Waals surface area contributed by atoms with Gasteiger partial charge in [-0.3, -0.25) is 4.98 Å². The topological polar surface area (TPSA) is 43.4 Å². The molecule has 3 aromatic rings. The van der Waals surface area contributed by atoms with Crippen molar-refractivity contribution in [2.45, 2.75) is 26.6 Å². The molecule has 0 saturated heterocycles. The first-order valence-electron chi connectivity index (χ1n) is 9.18. The van der Waals surface area contributed by atoms with E-state index in [1.54, 1.807) is 18.3 Å². The molecule has 0 saturated carbocycles. The number of nitrogens with one attached hydrogen (secondary N) is 1. The number of aromatic nitrogens is 1. The van der Waals surface area contributed by atoms with Crippen LogP contribution in [0, 0.1) is 0 Å². The largest absolute Gasteiger partial charge is 0.490 e. The SMILES string of the molecule is CCOc1cc(CNCc2cccnc2)cc(Cl)c1OCc1ccc(Cl)cc1Cl. The van der Waals surface area contributed by atoms with E-state index in [1.807, 2.05) is 43.5 Å². The summed E-state index contributed by atoms with van der Waals surface area (Å²) in [6, 6.07) is 13.0. The smallest absolute Gasteiger partial charge is 0.180 e. The summed E-state index contributed by atoms with van der Waals surface area (Å²) in [6.07, 6.45) is 3.60. The molecule has 0 unspecified atom stereocenters. The molecule has 0 spiro atoms. The first-order valence-corrected chi connectivity index (χ1v) is 10.3. The fraction of sp³-hybridized carbons (Fsp3) is 0.227. The van der Waals surface area contributed by atoms with Gasteiger partial charge in [0.2, 0.25) is 0 Å². The molecule has 152 valence electrons. The van der Waals surface area contributed by atoms with E-state index in [4.69, 9.17) is 44.3 Å². The molecule has 29 heavy (non-hydrogen) atoms. The van der Waals surface area contributed by atoms with Crippen molar-refractivity contribution < 1.29 is 9.47 Å². The molecule has 0 aliphatic heterocycles. The van der Waals surface area contributed by atoms with Crippen molar-refractivity contribution in [3.8, 4) is 11.5 Å². The molecule has 1 N–H and O–H groups in total. The van der Waals surface area contributed by atoms with Gasteiger partial charge in [-0.05, 0) is 48.4 Å². The van der Waals surface area contributed by atoms with Gasteiger partial charge in [-0.2, -0.15) is 0 Å². The van der Waals surface area contributed by atoms with Crippen molar-refractivity contribution in [3.63, 3.8) is 0 Å². The van der Waals surface area contributed by atoms with Gasteiger partial charge in [-0.15, -0.1) is 0 Å². The highest BCUT2D eigenvalue weighted by Gasteiger charge is 2.14. The Labute approximate surface area is 185 Å². The van der Waals surface area contributed by atoms with Gasteiger partial charge in [-0.25, -0.2) is 0 Å². The second-order valence-corrected chi connectivity index (χ2v) is 7.58. The number of hydrogen-bond acceptors (Lipinski definition) is 4. The number of rotatable bonds is 9. The molecule has 0 aliphatic carbocycles. The van der Waals surface area contributed by atoms with Gasteiger partial charge in [0, 0.05) is 41.1 Å². The third kappa shape index (κ3) is 6.25. The summed E-state index contributed by atoms with van der Waals surface area (Å²) in [6.45, 7) is 4.02. The maximum absolute atomic E-state index is 6.50. The van der Waals surface area contributed by atoms with Crippen molar-refractivity contribution in [3.05, 3.63) is 86.6 Å². The highest BCUT2D eigenvalue weighted by atomic mass is 35.5. The molecular weight excluding hydrogens is 431 g/mol.